The van der Waals surface area contributed by atoms with Crippen LogP contribution in [0.15, 0.2) is 35.2 Å². The number of hydrogen-bond donors (Lipinski definition) is 1. The fourth-order valence-corrected chi connectivity index (χ4v) is 3.98. The van der Waals surface area contributed by atoms with Gasteiger partial charge in [0.25, 0.3) is 0 Å². The standard InChI is InChI=1S/C17H26N2S/c1-2-6-17(7-3-1)20-12-11-19(16-8-9-16)14-15-5-4-10-18-13-15/h1-3,6-7,15-16,18H,4-5,8-14H2. The van der Waals surface area contributed by atoms with Crippen molar-refractivity contribution in [3.8, 4) is 0 Å². The van der Waals surface area contributed by atoms with Crippen molar-refractivity contribution in [3.63, 3.8) is 0 Å². The molecule has 0 radical (unpaired) electrons. The Balaban J connectivity index is 1.42. The number of benzene rings is 1. The van der Waals surface area contributed by atoms with E-state index in [2.05, 4.69) is 40.5 Å². The Hall–Kier alpha value is -0.510. The van der Waals surface area contributed by atoms with Crippen LogP contribution in [0.5, 0.6) is 0 Å². The highest BCUT2D eigenvalue weighted by Gasteiger charge is 2.30. The molecule has 3 heteroatoms. The first-order chi connectivity index (χ1) is 9.92. The van der Waals surface area contributed by atoms with Crippen molar-refractivity contribution in [1.82, 2.24) is 10.2 Å². The first-order valence-electron chi connectivity index (χ1n) is 8.04. The molecule has 1 aliphatic heterocycles. The van der Waals surface area contributed by atoms with Crippen LogP contribution in [0.2, 0.25) is 0 Å². The van der Waals surface area contributed by atoms with Crippen molar-refractivity contribution in [1.29, 1.82) is 0 Å². The van der Waals surface area contributed by atoms with E-state index < -0.39 is 0 Å². The molecule has 2 nitrogen and oxygen atoms in total. The minimum atomic E-state index is 0.881. The molecule has 1 N–H and O–H groups in total. The second kappa shape index (κ2) is 7.48. The minimum absolute atomic E-state index is 0.881. The summed E-state index contributed by atoms with van der Waals surface area (Å²) in [5.74, 6) is 2.10. The Morgan fingerprint density at radius 3 is 2.70 bits per heavy atom. The topological polar surface area (TPSA) is 15.3 Å². The van der Waals surface area contributed by atoms with Gasteiger partial charge in [-0.2, -0.15) is 0 Å². The molecule has 1 unspecified atom stereocenters. The first-order valence-corrected chi connectivity index (χ1v) is 9.03. The van der Waals surface area contributed by atoms with Gasteiger partial charge in [-0.3, -0.25) is 4.90 Å². The quantitative estimate of drug-likeness (QED) is 0.776. The summed E-state index contributed by atoms with van der Waals surface area (Å²) in [4.78, 5) is 4.16. The number of nitrogens with zero attached hydrogens (tertiary/aromatic N) is 1. The zero-order valence-electron chi connectivity index (χ0n) is 12.3. The number of piperidine rings is 1. The predicted octanol–water partition coefficient (Wildman–Crippen LogP) is 3.24. The van der Waals surface area contributed by atoms with E-state index in [9.17, 15) is 0 Å². The van der Waals surface area contributed by atoms with E-state index in [4.69, 9.17) is 0 Å². The largest absolute Gasteiger partial charge is 0.316 e. The van der Waals surface area contributed by atoms with Crippen LogP contribution < -0.4 is 5.32 Å². The van der Waals surface area contributed by atoms with Gasteiger partial charge in [0.05, 0.1) is 0 Å². The molecule has 1 saturated heterocycles. The van der Waals surface area contributed by atoms with Gasteiger partial charge in [0.15, 0.2) is 0 Å². The molecule has 1 atom stereocenters. The Bertz CT molecular complexity index is 385. The molecule has 1 aromatic rings. The van der Waals surface area contributed by atoms with Crippen LogP contribution in [0.4, 0.5) is 0 Å². The molecule has 0 aromatic heterocycles. The number of hydrogen-bond acceptors (Lipinski definition) is 3. The maximum absolute atomic E-state index is 3.55. The van der Waals surface area contributed by atoms with E-state index >= 15 is 0 Å². The summed E-state index contributed by atoms with van der Waals surface area (Å²) in [6.45, 7) is 5.02. The van der Waals surface area contributed by atoms with Crippen LogP contribution in [0.3, 0.4) is 0 Å². The lowest BCUT2D eigenvalue weighted by molar-refractivity contribution is 0.210. The number of nitrogens with one attached hydrogen (secondary N) is 1. The fourth-order valence-electron chi connectivity index (χ4n) is 3.07. The molecular formula is C17H26N2S. The van der Waals surface area contributed by atoms with Gasteiger partial charge >= 0.3 is 0 Å². The highest BCUT2D eigenvalue weighted by atomic mass is 32.2. The molecule has 1 heterocycles. The van der Waals surface area contributed by atoms with Gasteiger partial charge in [-0.25, -0.2) is 0 Å². The van der Waals surface area contributed by atoms with Gasteiger partial charge in [-0.05, 0) is 56.8 Å². The molecule has 1 aromatic carbocycles. The molecule has 20 heavy (non-hydrogen) atoms. The van der Waals surface area contributed by atoms with Crippen molar-refractivity contribution in [2.75, 3.05) is 31.9 Å². The first kappa shape index (κ1) is 14.4. The monoisotopic (exact) mass is 290 g/mol. The van der Waals surface area contributed by atoms with Crippen LogP contribution in [0.25, 0.3) is 0 Å². The van der Waals surface area contributed by atoms with Crippen molar-refractivity contribution >= 4 is 11.8 Å². The van der Waals surface area contributed by atoms with E-state index in [-0.39, 0.29) is 0 Å². The van der Waals surface area contributed by atoms with Crippen LogP contribution >= 0.6 is 11.8 Å². The molecule has 2 aliphatic rings. The van der Waals surface area contributed by atoms with Gasteiger partial charge in [0.2, 0.25) is 0 Å². The van der Waals surface area contributed by atoms with Gasteiger partial charge in [0.1, 0.15) is 0 Å². The van der Waals surface area contributed by atoms with Crippen molar-refractivity contribution in [3.05, 3.63) is 30.3 Å². The summed E-state index contributed by atoms with van der Waals surface area (Å²) in [5.41, 5.74) is 0. The average Bonchev–Trinajstić information content (AvgIpc) is 3.33. The van der Waals surface area contributed by atoms with E-state index in [1.165, 1.54) is 62.5 Å². The second-order valence-corrected chi connectivity index (χ2v) is 7.27. The predicted molar refractivity (Wildman–Crippen MR) is 87.4 cm³/mol. The van der Waals surface area contributed by atoms with E-state index in [1.54, 1.807) is 0 Å². The summed E-state index contributed by atoms with van der Waals surface area (Å²) < 4.78 is 0. The third kappa shape index (κ3) is 4.51. The maximum atomic E-state index is 3.55. The third-order valence-corrected chi connectivity index (χ3v) is 5.34. The van der Waals surface area contributed by atoms with Crippen LogP contribution in [0.1, 0.15) is 25.7 Å². The number of rotatable bonds is 7. The van der Waals surface area contributed by atoms with Crippen molar-refractivity contribution in [2.24, 2.45) is 5.92 Å². The molecular weight excluding hydrogens is 264 g/mol. The van der Waals surface area contributed by atoms with Gasteiger partial charge in [-0.15, -0.1) is 11.8 Å². The van der Waals surface area contributed by atoms with Crippen molar-refractivity contribution < 1.29 is 0 Å². The van der Waals surface area contributed by atoms with Crippen LogP contribution in [0, 0.1) is 5.92 Å². The van der Waals surface area contributed by atoms with E-state index in [0.29, 0.717) is 0 Å². The molecule has 110 valence electrons. The normalized spacial score (nSPS) is 23.1. The molecule has 0 bridgehead atoms. The molecule has 3 rings (SSSR count). The maximum Gasteiger partial charge on any atom is 0.0108 e. The molecule has 0 amide bonds. The lowest BCUT2D eigenvalue weighted by atomic mass is 9.99. The zero-order chi connectivity index (χ0) is 13.6. The van der Waals surface area contributed by atoms with Crippen LogP contribution in [-0.4, -0.2) is 42.9 Å². The molecule has 0 spiro atoms. The van der Waals surface area contributed by atoms with Crippen LogP contribution in [-0.2, 0) is 0 Å². The lowest BCUT2D eigenvalue weighted by Crippen LogP contribution is -2.40. The van der Waals surface area contributed by atoms with E-state index in [0.717, 1.165) is 12.0 Å². The smallest absolute Gasteiger partial charge is 0.0108 e. The highest BCUT2D eigenvalue weighted by molar-refractivity contribution is 7.99. The summed E-state index contributed by atoms with van der Waals surface area (Å²) in [6.07, 6.45) is 5.64. The Kier molecular flexibility index (Phi) is 5.40. The summed E-state index contributed by atoms with van der Waals surface area (Å²) in [7, 11) is 0. The Morgan fingerprint density at radius 1 is 1.15 bits per heavy atom. The van der Waals surface area contributed by atoms with E-state index in [1.807, 2.05) is 11.8 Å². The van der Waals surface area contributed by atoms with Gasteiger partial charge in [0, 0.05) is 29.8 Å². The van der Waals surface area contributed by atoms with Gasteiger partial charge < -0.3 is 5.32 Å². The van der Waals surface area contributed by atoms with Gasteiger partial charge in [-0.1, -0.05) is 18.2 Å². The fraction of sp³-hybridized carbons (Fsp3) is 0.647. The zero-order valence-corrected chi connectivity index (χ0v) is 13.1. The SMILES string of the molecule is c1ccc(SCCN(CC2CCCNC2)C2CC2)cc1. The molecule has 2 fully saturated rings. The molecule has 1 aliphatic carbocycles. The minimum Gasteiger partial charge on any atom is -0.316 e. The lowest BCUT2D eigenvalue weighted by Gasteiger charge is -2.30. The summed E-state index contributed by atoms with van der Waals surface area (Å²) >= 11 is 2.00. The average molecular weight is 290 g/mol. The second-order valence-electron chi connectivity index (χ2n) is 6.10. The summed E-state index contributed by atoms with van der Waals surface area (Å²) in [6, 6.07) is 11.7. The Morgan fingerprint density at radius 2 is 2.00 bits per heavy atom. The highest BCUT2D eigenvalue weighted by Crippen LogP contribution is 2.29. The Labute approximate surface area is 127 Å². The summed E-state index contributed by atoms with van der Waals surface area (Å²) in [5, 5.41) is 3.55. The van der Waals surface area contributed by atoms with Crippen molar-refractivity contribution in [2.45, 2.75) is 36.6 Å². The third-order valence-electron chi connectivity index (χ3n) is 4.35. The molecule has 1 saturated carbocycles. The number of thioether (sulfide) groups is 1.